The van der Waals surface area contributed by atoms with Crippen LogP contribution in [-0.2, 0) is 14.4 Å². The van der Waals surface area contributed by atoms with Crippen molar-refractivity contribution in [2.24, 2.45) is 11.3 Å². The van der Waals surface area contributed by atoms with E-state index in [4.69, 9.17) is 5.11 Å². The summed E-state index contributed by atoms with van der Waals surface area (Å²) in [5.41, 5.74) is -0.291. The number of carboxylic acid groups (broad SMARTS) is 1. The number of likely N-dealkylation sites (tertiary alicyclic amines) is 1. The van der Waals surface area contributed by atoms with E-state index in [0.29, 0.717) is 19.4 Å². The minimum atomic E-state index is -0.845. The SMILES string of the molecule is CCC1(C(=O)N(C)CC(=O)N2CCCC(C(=O)O)C2)CCCC1. The number of amides is 2. The van der Waals surface area contributed by atoms with Gasteiger partial charge in [0.05, 0.1) is 12.5 Å². The number of carboxylic acids is 1. The predicted octanol–water partition coefficient (Wildman–Crippen LogP) is 1.74. The maximum Gasteiger partial charge on any atom is 0.308 e. The van der Waals surface area contributed by atoms with E-state index in [1.807, 2.05) is 6.92 Å². The number of hydrogen-bond acceptors (Lipinski definition) is 3. The Bertz CT molecular complexity index is 471. The second kappa shape index (κ2) is 7.32. The molecule has 130 valence electrons. The molecule has 2 fully saturated rings. The van der Waals surface area contributed by atoms with Crippen LogP contribution in [0, 0.1) is 11.3 Å². The van der Waals surface area contributed by atoms with Crippen molar-refractivity contribution < 1.29 is 19.5 Å². The number of likely N-dealkylation sites (N-methyl/N-ethyl adjacent to an activating group) is 1. The summed E-state index contributed by atoms with van der Waals surface area (Å²) in [6, 6.07) is 0. The Morgan fingerprint density at radius 1 is 1.22 bits per heavy atom. The maximum absolute atomic E-state index is 12.8. The molecule has 0 spiro atoms. The molecular formula is C17H28N2O4. The van der Waals surface area contributed by atoms with Gasteiger partial charge in [-0.1, -0.05) is 19.8 Å². The predicted molar refractivity (Wildman–Crippen MR) is 85.8 cm³/mol. The molecule has 1 saturated heterocycles. The summed E-state index contributed by atoms with van der Waals surface area (Å²) in [7, 11) is 1.69. The molecule has 0 bridgehead atoms. The first-order valence-corrected chi connectivity index (χ1v) is 8.66. The van der Waals surface area contributed by atoms with Crippen molar-refractivity contribution in [1.82, 2.24) is 9.80 Å². The molecule has 1 atom stereocenters. The number of rotatable bonds is 5. The summed E-state index contributed by atoms with van der Waals surface area (Å²) < 4.78 is 0. The topological polar surface area (TPSA) is 77.9 Å². The lowest BCUT2D eigenvalue weighted by atomic mass is 9.82. The maximum atomic E-state index is 12.8. The highest BCUT2D eigenvalue weighted by molar-refractivity contribution is 5.88. The Morgan fingerprint density at radius 2 is 1.87 bits per heavy atom. The third-order valence-electron chi connectivity index (χ3n) is 5.53. The molecule has 1 unspecified atom stereocenters. The zero-order chi connectivity index (χ0) is 17.0. The van der Waals surface area contributed by atoms with Crippen molar-refractivity contribution >= 4 is 17.8 Å². The molecule has 6 heteroatoms. The third-order valence-corrected chi connectivity index (χ3v) is 5.53. The Kier molecular flexibility index (Phi) is 5.65. The first-order chi connectivity index (χ1) is 10.9. The molecule has 0 radical (unpaired) electrons. The van der Waals surface area contributed by atoms with Gasteiger partial charge in [-0.15, -0.1) is 0 Å². The Hall–Kier alpha value is -1.59. The summed E-state index contributed by atoms with van der Waals surface area (Å²) >= 11 is 0. The van der Waals surface area contributed by atoms with Crippen molar-refractivity contribution in [2.75, 3.05) is 26.7 Å². The zero-order valence-electron chi connectivity index (χ0n) is 14.2. The van der Waals surface area contributed by atoms with Gasteiger partial charge in [-0.2, -0.15) is 0 Å². The highest BCUT2D eigenvalue weighted by atomic mass is 16.4. The molecule has 23 heavy (non-hydrogen) atoms. The van der Waals surface area contributed by atoms with E-state index < -0.39 is 11.9 Å². The number of piperidine rings is 1. The largest absolute Gasteiger partial charge is 0.481 e. The third kappa shape index (κ3) is 3.85. The summed E-state index contributed by atoms with van der Waals surface area (Å²) in [5, 5.41) is 9.11. The molecule has 6 nitrogen and oxygen atoms in total. The Labute approximate surface area is 137 Å². The molecule has 1 aliphatic carbocycles. The Morgan fingerprint density at radius 3 is 2.43 bits per heavy atom. The molecular weight excluding hydrogens is 296 g/mol. The van der Waals surface area contributed by atoms with Crippen LogP contribution in [0.15, 0.2) is 0 Å². The number of aliphatic carboxylic acids is 1. The number of carbonyl (C=O) groups is 3. The smallest absolute Gasteiger partial charge is 0.308 e. The van der Waals surface area contributed by atoms with Crippen molar-refractivity contribution in [2.45, 2.75) is 51.9 Å². The lowest BCUT2D eigenvalue weighted by molar-refractivity contribution is -0.149. The van der Waals surface area contributed by atoms with Crippen molar-refractivity contribution in [3.63, 3.8) is 0 Å². The van der Waals surface area contributed by atoms with Gasteiger partial charge in [-0.3, -0.25) is 14.4 Å². The van der Waals surface area contributed by atoms with Crippen LogP contribution in [0.2, 0.25) is 0 Å². The lowest BCUT2D eigenvalue weighted by Crippen LogP contribution is -2.49. The molecule has 1 saturated carbocycles. The molecule has 2 amide bonds. The van der Waals surface area contributed by atoms with E-state index in [-0.39, 0.29) is 30.3 Å². The molecule has 0 aromatic heterocycles. The lowest BCUT2D eigenvalue weighted by Gasteiger charge is -2.34. The van der Waals surface area contributed by atoms with Gasteiger partial charge in [-0.25, -0.2) is 0 Å². The quantitative estimate of drug-likeness (QED) is 0.835. The number of nitrogens with zero attached hydrogens (tertiary/aromatic N) is 2. The fourth-order valence-corrected chi connectivity index (χ4v) is 3.96. The van der Waals surface area contributed by atoms with Gasteiger partial charge in [0.1, 0.15) is 0 Å². The average Bonchev–Trinajstić information content (AvgIpc) is 3.04. The molecule has 1 heterocycles. The number of carbonyl (C=O) groups excluding carboxylic acids is 2. The van der Waals surface area contributed by atoms with E-state index in [9.17, 15) is 14.4 Å². The first-order valence-electron chi connectivity index (χ1n) is 8.66. The van der Waals surface area contributed by atoms with E-state index >= 15 is 0 Å². The van der Waals surface area contributed by atoms with Gasteiger partial charge in [0.2, 0.25) is 11.8 Å². The van der Waals surface area contributed by atoms with Crippen LogP contribution >= 0.6 is 0 Å². The molecule has 1 N–H and O–H groups in total. The molecule has 2 rings (SSSR count). The molecule has 0 aromatic rings. The van der Waals surface area contributed by atoms with Crippen LogP contribution in [0.25, 0.3) is 0 Å². The van der Waals surface area contributed by atoms with Gasteiger partial charge in [0.25, 0.3) is 0 Å². The molecule has 1 aliphatic heterocycles. The molecule has 2 aliphatic rings. The summed E-state index contributed by atoms with van der Waals surface area (Å²) in [6.45, 7) is 2.94. The van der Waals surface area contributed by atoms with E-state index in [2.05, 4.69) is 0 Å². The fourth-order valence-electron chi connectivity index (χ4n) is 3.96. The summed E-state index contributed by atoms with van der Waals surface area (Å²) in [5.74, 6) is -1.40. The minimum Gasteiger partial charge on any atom is -0.481 e. The second-order valence-corrected chi connectivity index (χ2v) is 7.02. The van der Waals surface area contributed by atoms with Gasteiger partial charge >= 0.3 is 5.97 Å². The minimum absolute atomic E-state index is 0.0485. The normalized spacial score (nSPS) is 23.6. The number of hydrogen-bond donors (Lipinski definition) is 1. The highest BCUT2D eigenvalue weighted by Gasteiger charge is 2.41. The summed E-state index contributed by atoms with van der Waals surface area (Å²) in [4.78, 5) is 39.4. The van der Waals surface area contributed by atoms with Crippen LogP contribution in [0.4, 0.5) is 0 Å². The van der Waals surface area contributed by atoms with E-state index in [1.165, 1.54) is 0 Å². The summed E-state index contributed by atoms with van der Waals surface area (Å²) in [6.07, 6.45) is 6.11. The van der Waals surface area contributed by atoms with Crippen molar-refractivity contribution in [3.8, 4) is 0 Å². The average molecular weight is 324 g/mol. The van der Waals surface area contributed by atoms with Crippen LogP contribution in [0.1, 0.15) is 51.9 Å². The van der Waals surface area contributed by atoms with Crippen LogP contribution in [0.3, 0.4) is 0 Å². The van der Waals surface area contributed by atoms with Gasteiger partial charge in [0, 0.05) is 25.6 Å². The zero-order valence-corrected chi connectivity index (χ0v) is 14.2. The van der Waals surface area contributed by atoms with Crippen molar-refractivity contribution in [1.29, 1.82) is 0 Å². The second-order valence-electron chi connectivity index (χ2n) is 7.02. The first kappa shape index (κ1) is 17.8. The Balaban J connectivity index is 1.93. The standard InChI is InChI=1S/C17H28N2O4/c1-3-17(8-4-5-9-17)16(23)18(2)12-14(20)19-10-6-7-13(11-19)15(21)22/h13H,3-12H2,1-2H3,(H,21,22). The van der Waals surface area contributed by atoms with Crippen molar-refractivity contribution in [3.05, 3.63) is 0 Å². The van der Waals surface area contributed by atoms with Gasteiger partial charge in [0.15, 0.2) is 0 Å². The van der Waals surface area contributed by atoms with Gasteiger partial charge < -0.3 is 14.9 Å². The van der Waals surface area contributed by atoms with Gasteiger partial charge in [-0.05, 0) is 32.1 Å². The fraction of sp³-hybridized carbons (Fsp3) is 0.824. The van der Waals surface area contributed by atoms with Crippen LogP contribution in [0.5, 0.6) is 0 Å². The monoisotopic (exact) mass is 324 g/mol. The molecule has 0 aromatic carbocycles. The van der Waals surface area contributed by atoms with Crippen LogP contribution in [-0.4, -0.2) is 59.4 Å². The van der Waals surface area contributed by atoms with E-state index in [0.717, 1.165) is 32.1 Å². The van der Waals surface area contributed by atoms with E-state index in [1.54, 1.807) is 16.8 Å². The van der Waals surface area contributed by atoms with Crippen LogP contribution < -0.4 is 0 Å². The highest BCUT2D eigenvalue weighted by Crippen LogP contribution is 2.42.